The highest BCUT2D eigenvalue weighted by Crippen LogP contribution is 2.37. The molecule has 0 bridgehead atoms. The molecule has 1 N–H and O–H groups in total. The molecule has 24 heavy (non-hydrogen) atoms. The Morgan fingerprint density at radius 3 is 2.83 bits per heavy atom. The van der Waals surface area contributed by atoms with Crippen molar-refractivity contribution in [3.8, 4) is 0 Å². The van der Waals surface area contributed by atoms with E-state index < -0.39 is 0 Å². The van der Waals surface area contributed by atoms with Gasteiger partial charge >= 0.3 is 0 Å². The Hall–Kier alpha value is -1.79. The summed E-state index contributed by atoms with van der Waals surface area (Å²) >= 11 is 5.17. The van der Waals surface area contributed by atoms with Crippen LogP contribution in [-0.4, -0.2) is 15.9 Å². The number of amides is 1. The third kappa shape index (κ3) is 2.84. The second-order valence-electron chi connectivity index (χ2n) is 5.90. The van der Waals surface area contributed by atoms with Gasteiger partial charge in [-0.05, 0) is 59.3 Å². The molecule has 0 aliphatic heterocycles. The highest BCUT2D eigenvalue weighted by atomic mass is 79.9. The molecule has 0 unspecified atom stereocenters. The van der Waals surface area contributed by atoms with Gasteiger partial charge in [-0.2, -0.15) is 0 Å². The highest BCUT2D eigenvalue weighted by molar-refractivity contribution is 9.10. The van der Waals surface area contributed by atoms with Crippen molar-refractivity contribution in [2.24, 2.45) is 0 Å². The van der Waals surface area contributed by atoms with E-state index in [1.54, 1.807) is 17.4 Å². The zero-order chi connectivity index (χ0) is 16.5. The number of nitrogens with zero attached hydrogens (tertiary/aromatic N) is 2. The molecule has 4 nitrogen and oxygen atoms in total. The van der Waals surface area contributed by atoms with Gasteiger partial charge in [-0.25, -0.2) is 9.97 Å². The molecule has 0 saturated heterocycles. The van der Waals surface area contributed by atoms with E-state index in [2.05, 4.69) is 31.2 Å². The summed E-state index contributed by atoms with van der Waals surface area (Å²) < 4.78 is 0.775. The molecular formula is C18H16BrN3OS. The fourth-order valence-corrected chi connectivity index (χ4v) is 4.88. The van der Waals surface area contributed by atoms with Gasteiger partial charge in [0, 0.05) is 9.35 Å². The van der Waals surface area contributed by atoms with Crippen LogP contribution in [-0.2, 0) is 12.8 Å². The van der Waals surface area contributed by atoms with Crippen molar-refractivity contribution in [1.82, 2.24) is 9.97 Å². The van der Waals surface area contributed by atoms with Gasteiger partial charge < -0.3 is 5.32 Å². The minimum absolute atomic E-state index is 0.156. The standard InChI is InChI=1S/C18H16BrN3OS/c19-13-8-5-4-6-11(13)17(23)22-16-15-12-7-2-1-3-9-14(12)24-18(15)21-10-20-16/h4-6,8,10H,1-3,7,9H2,(H,20,21,22,23). The summed E-state index contributed by atoms with van der Waals surface area (Å²) in [5.74, 6) is 0.469. The van der Waals surface area contributed by atoms with Gasteiger partial charge in [0.05, 0.1) is 10.9 Å². The van der Waals surface area contributed by atoms with Crippen LogP contribution in [0, 0.1) is 0 Å². The van der Waals surface area contributed by atoms with Crippen molar-refractivity contribution < 1.29 is 4.79 Å². The van der Waals surface area contributed by atoms with E-state index in [4.69, 9.17) is 0 Å². The van der Waals surface area contributed by atoms with Crippen LogP contribution in [0.25, 0.3) is 10.2 Å². The number of anilines is 1. The molecule has 2 aromatic heterocycles. The Morgan fingerprint density at radius 1 is 1.12 bits per heavy atom. The summed E-state index contributed by atoms with van der Waals surface area (Å²) in [5, 5.41) is 4.01. The third-order valence-corrected chi connectivity index (χ3v) is 6.24. The maximum atomic E-state index is 12.6. The molecule has 2 heterocycles. The number of carbonyl (C=O) groups is 1. The molecule has 4 rings (SSSR count). The van der Waals surface area contributed by atoms with Gasteiger partial charge in [0.25, 0.3) is 5.91 Å². The van der Waals surface area contributed by atoms with E-state index in [1.807, 2.05) is 18.2 Å². The molecule has 122 valence electrons. The number of benzene rings is 1. The van der Waals surface area contributed by atoms with Gasteiger partial charge in [-0.3, -0.25) is 4.79 Å². The van der Waals surface area contributed by atoms with Crippen LogP contribution in [0.15, 0.2) is 35.1 Å². The summed E-state index contributed by atoms with van der Waals surface area (Å²) in [7, 11) is 0. The SMILES string of the molecule is O=C(Nc1ncnc2sc3c(c12)CCCCC3)c1ccccc1Br. The van der Waals surface area contributed by atoms with Gasteiger partial charge in [-0.15, -0.1) is 11.3 Å². The lowest BCUT2D eigenvalue weighted by molar-refractivity contribution is 0.102. The first-order valence-corrected chi connectivity index (χ1v) is 9.66. The van der Waals surface area contributed by atoms with Gasteiger partial charge in [0.15, 0.2) is 0 Å². The van der Waals surface area contributed by atoms with Crippen LogP contribution in [0.2, 0.25) is 0 Å². The van der Waals surface area contributed by atoms with Gasteiger partial charge in [-0.1, -0.05) is 18.6 Å². The lowest BCUT2D eigenvalue weighted by atomic mass is 10.1. The summed E-state index contributed by atoms with van der Waals surface area (Å²) in [4.78, 5) is 23.8. The lowest BCUT2D eigenvalue weighted by Gasteiger charge is -2.08. The molecule has 0 atom stereocenters. The van der Waals surface area contributed by atoms with Crippen molar-refractivity contribution in [2.75, 3.05) is 5.32 Å². The number of rotatable bonds is 2. The van der Waals surface area contributed by atoms with E-state index in [1.165, 1.54) is 36.0 Å². The van der Waals surface area contributed by atoms with Crippen molar-refractivity contribution in [2.45, 2.75) is 32.1 Å². The number of fused-ring (bicyclic) bond motifs is 3. The number of hydrogen-bond acceptors (Lipinski definition) is 4. The smallest absolute Gasteiger partial charge is 0.257 e. The predicted molar refractivity (Wildman–Crippen MR) is 101 cm³/mol. The first-order chi connectivity index (χ1) is 11.7. The Balaban J connectivity index is 1.76. The van der Waals surface area contributed by atoms with E-state index in [9.17, 15) is 4.79 Å². The molecule has 3 aromatic rings. The normalized spacial score (nSPS) is 14.2. The highest BCUT2D eigenvalue weighted by Gasteiger charge is 2.20. The molecule has 1 aliphatic carbocycles. The summed E-state index contributed by atoms with van der Waals surface area (Å²) in [5.41, 5.74) is 1.93. The van der Waals surface area contributed by atoms with Crippen LogP contribution >= 0.6 is 27.3 Å². The average Bonchev–Trinajstić information content (AvgIpc) is 2.78. The van der Waals surface area contributed by atoms with Crippen LogP contribution in [0.1, 0.15) is 40.1 Å². The molecule has 0 spiro atoms. The zero-order valence-electron chi connectivity index (χ0n) is 13.0. The van der Waals surface area contributed by atoms with Crippen LogP contribution < -0.4 is 5.32 Å². The number of halogens is 1. The number of hydrogen-bond donors (Lipinski definition) is 1. The van der Waals surface area contributed by atoms with Crippen LogP contribution in [0.5, 0.6) is 0 Å². The molecule has 0 radical (unpaired) electrons. The van der Waals surface area contributed by atoms with Crippen molar-refractivity contribution in [3.63, 3.8) is 0 Å². The zero-order valence-corrected chi connectivity index (χ0v) is 15.4. The Bertz CT molecular complexity index is 922. The minimum atomic E-state index is -0.156. The quantitative estimate of drug-likeness (QED) is 0.616. The van der Waals surface area contributed by atoms with E-state index in [0.717, 1.165) is 27.5 Å². The maximum Gasteiger partial charge on any atom is 0.257 e. The van der Waals surface area contributed by atoms with Crippen molar-refractivity contribution in [1.29, 1.82) is 0 Å². The van der Waals surface area contributed by atoms with E-state index >= 15 is 0 Å². The lowest BCUT2D eigenvalue weighted by Crippen LogP contribution is -2.14. The molecule has 1 amide bonds. The van der Waals surface area contributed by atoms with Crippen LogP contribution in [0.3, 0.4) is 0 Å². The Morgan fingerprint density at radius 2 is 1.96 bits per heavy atom. The molecule has 0 saturated carbocycles. The number of carbonyl (C=O) groups excluding carboxylic acids is 1. The number of aromatic nitrogens is 2. The van der Waals surface area contributed by atoms with Gasteiger partial charge in [0.2, 0.25) is 0 Å². The maximum absolute atomic E-state index is 12.6. The van der Waals surface area contributed by atoms with Crippen molar-refractivity contribution >= 4 is 49.2 Å². The molecule has 0 fully saturated rings. The monoisotopic (exact) mass is 401 g/mol. The summed E-state index contributed by atoms with van der Waals surface area (Å²) in [6.07, 6.45) is 7.36. The third-order valence-electron chi connectivity index (χ3n) is 4.35. The van der Waals surface area contributed by atoms with Crippen LogP contribution in [0.4, 0.5) is 5.82 Å². The number of thiophene rings is 1. The first kappa shape index (κ1) is 15.7. The summed E-state index contributed by atoms with van der Waals surface area (Å²) in [6.45, 7) is 0. The van der Waals surface area contributed by atoms with Crippen molar-refractivity contribution in [3.05, 3.63) is 51.1 Å². The Labute approximate surface area is 152 Å². The average molecular weight is 402 g/mol. The number of aryl methyl sites for hydroxylation is 2. The number of nitrogens with one attached hydrogen (secondary N) is 1. The molecule has 1 aliphatic rings. The molecule has 6 heteroatoms. The second-order valence-corrected chi connectivity index (χ2v) is 7.84. The Kier molecular flexibility index (Phi) is 4.33. The fourth-order valence-electron chi connectivity index (χ4n) is 3.18. The van der Waals surface area contributed by atoms with E-state index in [-0.39, 0.29) is 5.91 Å². The molecular weight excluding hydrogens is 386 g/mol. The minimum Gasteiger partial charge on any atom is -0.306 e. The predicted octanol–water partition coefficient (Wildman–Crippen LogP) is 4.98. The topological polar surface area (TPSA) is 54.9 Å². The van der Waals surface area contributed by atoms with Gasteiger partial charge in [0.1, 0.15) is 17.0 Å². The van der Waals surface area contributed by atoms with E-state index in [0.29, 0.717) is 11.4 Å². The second kappa shape index (κ2) is 6.61. The summed E-state index contributed by atoms with van der Waals surface area (Å²) in [6, 6.07) is 7.40. The first-order valence-electron chi connectivity index (χ1n) is 8.05. The fraction of sp³-hybridized carbons (Fsp3) is 0.278. The molecule has 1 aromatic carbocycles. The largest absolute Gasteiger partial charge is 0.306 e.